The van der Waals surface area contributed by atoms with E-state index in [1.165, 1.54) is 0 Å². The van der Waals surface area contributed by atoms with Crippen molar-refractivity contribution in [3.05, 3.63) is 22.2 Å². The molecule has 1 aliphatic rings. The van der Waals surface area contributed by atoms with Crippen molar-refractivity contribution in [3.8, 4) is 11.5 Å². The number of ether oxygens (including phenoxy) is 2. The van der Waals surface area contributed by atoms with Crippen molar-refractivity contribution < 1.29 is 17.9 Å². The van der Waals surface area contributed by atoms with Crippen molar-refractivity contribution in [2.45, 2.75) is 30.6 Å². The lowest BCUT2D eigenvalue weighted by atomic mass is 9.99. The normalized spacial score (nSPS) is 22.6. The van der Waals surface area contributed by atoms with Crippen LogP contribution < -0.4 is 15.2 Å². The van der Waals surface area contributed by atoms with E-state index < -0.39 is 21.1 Å². The van der Waals surface area contributed by atoms with E-state index in [4.69, 9.17) is 15.2 Å². The fourth-order valence-corrected chi connectivity index (χ4v) is 5.24. The summed E-state index contributed by atoms with van der Waals surface area (Å²) in [4.78, 5) is 0. The summed E-state index contributed by atoms with van der Waals surface area (Å²) in [7, 11) is -0.0624. The van der Waals surface area contributed by atoms with Crippen LogP contribution in [-0.4, -0.2) is 33.6 Å². The maximum Gasteiger partial charge on any atom is 0.155 e. The molecule has 1 aromatic carbocycles. The SMILES string of the molecule is COc1cc(C(N)C2CCCCS2(=O)=O)c(OC)cc1Br. The van der Waals surface area contributed by atoms with Gasteiger partial charge in [-0.2, -0.15) is 0 Å². The van der Waals surface area contributed by atoms with Crippen molar-refractivity contribution >= 4 is 25.8 Å². The van der Waals surface area contributed by atoms with E-state index in [9.17, 15) is 8.42 Å². The predicted octanol–water partition coefficient (Wildman–Crippen LogP) is 2.43. The summed E-state index contributed by atoms with van der Waals surface area (Å²) in [6, 6.07) is 2.88. The molecule has 0 spiro atoms. The molecule has 0 saturated carbocycles. The molecule has 1 aliphatic heterocycles. The largest absolute Gasteiger partial charge is 0.496 e. The Balaban J connectivity index is 2.44. The van der Waals surface area contributed by atoms with E-state index in [0.717, 1.165) is 10.9 Å². The van der Waals surface area contributed by atoms with E-state index >= 15 is 0 Å². The van der Waals surface area contributed by atoms with Gasteiger partial charge in [-0.1, -0.05) is 6.42 Å². The first-order chi connectivity index (χ1) is 9.90. The molecular weight excluding hydrogens is 358 g/mol. The second-order valence-electron chi connectivity index (χ2n) is 5.16. The third kappa shape index (κ3) is 3.35. The Morgan fingerprint density at radius 2 is 1.90 bits per heavy atom. The van der Waals surface area contributed by atoms with Crippen LogP contribution in [0.5, 0.6) is 11.5 Å². The van der Waals surface area contributed by atoms with E-state index in [2.05, 4.69) is 15.9 Å². The second kappa shape index (κ2) is 6.54. The number of sulfone groups is 1. The predicted molar refractivity (Wildman–Crippen MR) is 85.6 cm³/mol. The average molecular weight is 378 g/mol. The highest BCUT2D eigenvalue weighted by molar-refractivity contribution is 9.10. The number of nitrogens with two attached hydrogens (primary N) is 1. The summed E-state index contributed by atoms with van der Waals surface area (Å²) in [5.41, 5.74) is 6.93. The summed E-state index contributed by atoms with van der Waals surface area (Å²) in [5.74, 6) is 1.38. The van der Waals surface area contributed by atoms with Crippen LogP contribution in [0.1, 0.15) is 30.9 Å². The van der Waals surface area contributed by atoms with Gasteiger partial charge in [-0.3, -0.25) is 0 Å². The molecule has 0 aromatic heterocycles. The minimum atomic E-state index is -3.16. The topological polar surface area (TPSA) is 78.6 Å². The Morgan fingerprint density at radius 1 is 1.24 bits per heavy atom. The van der Waals surface area contributed by atoms with Crippen LogP contribution in [0, 0.1) is 0 Å². The lowest BCUT2D eigenvalue weighted by Crippen LogP contribution is -2.38. The zero-order valence-corrected chi connectivity index (χ0v) is 14.5. The van der Waals surface area contributed by atoms with Gasteiger partial charge in [-0.25, -0.2) is 8.42 Å². The van der Waals surface area contributed by atoms with Crippen molar-refractivity contribution in [2.24, 2.45) is 5.73 Å². The molecule has 2 atom stereocenters. The summed E-state index contributed by atoms with van der Waals surface area (Å²) in [6.45, 7) is 0. The molecule has 118 valence electrons. The van der Waals surface area contributed by atoms with Crippen LogP contribution in [0.4, 0.5) is 0 Å². The van der Waals surface area contributed by atoms with Crippen LogP contribution in [0.2, 0.25) is 0 Å². The maximum atomic E-state index is 12.3. The average Bonchev–Trinajstić information content (AvgIpc) is 2.45. The Kier molecular flexibility index (Phi) is 5.16. The van der Waals surface area contributed by atoms with Gasteiger partial charge in [0.2, 0.25) is 0 Å². The molecule has 0 amide bonds. The first-order valence-corrected chi connectivity index (χ1v) is 9.30. The fraction of sp³-hybridized carbons (Fsp3) is 0.571. The molecule has 1 saturated heterocycles. The van der Waals surface area contributed by atoms with Crippen LogP contribution in [0.25, 0.3) is 0 Å². The van der Waals surface area contributed by atoms with E-state index in [0.29, 0.717) is 29.9 Å². The van der Waals surface area contributed by atoms with Gasteiger partial charge in [-0.15, -0.1) is 0 Å². The van der Waals surface area contributed by atoms with Gasteiger partial charge in [0, 0.05) is 5.56 Å². The molecule has 2 N–H and O–H groups in total. The Bertz CT molecular complexity index is 618. The Hall–Kier alpha value is -0.790. The van der Waals surface area contributed by atoms with Gasteiger partial charge < -0.3 is 15.2 Å². The van der Waals surface area contributed by atoms with Crippen LogP contribution in [0.3, 0.4) is 0 Å². The van der Waals surface area contributed by atoms with Gasteiger partial charge in [0.1, 0.15) is 11.5 Å². The molecule has 1 aromatic rings. The lowest BCUT2D eigenvalue weighted by molar-refractivity contribution is 0.390. The number of halogens is 1. The van der Waals surface area contributed by atoms with E-state index in [1.807, 2.05) is 0 Å². The highest BCUT2D eigenvalue weighted by Gasteiger charge is 2.36. The standard InChI is InChI=1S/C14H20BrNO4S/c1-19-11-8-10(15)12(20-2)7-9(11)14(16)13-5-3-4-6-21(13,17)18/h7-8,13-14H,3-6,16H2,1-2H3. The van der Waals surface area contributed by atoms with Crippen LogP contribution >= 0.6 is 15.9 Å². The number of hydrogen-bond acceptors (Lipinski definition) is 5. The molecular formula is C14H20BrNO4S. The molecule has 1 fully saturated rings. The molecule has 21 heavy (non-hydrogen) atoms. The smallest absolute Gasteiger partial charge is 0.155 e. The molecule has 5 nitrogen and oxygen atoms in total. The fourth-order valence-electron chi connectivity index (χ4n) is 2.73. The van der Waals surface area contributed by atoms with Crippen molar-refractivity contribution in [1.29, 1.82) is 0 Å². The summed E-state index contributed by atoms with van der Waals surface area (Å²) < 4.78 is 35.9. The van der Waals surface area contributed by atoms with Crippen LogP contribution in [0.15, 0.2) is 16.6 Å². The first-order valence-electron chi connectivity index (χ1n) is 6.79. The second-order valence-corrected chi connectivity index (χ2v) is 8.35. The highest BCUT2D eigenvalue weighted by atomic mass is 79.9. The zero-order chi connectivity index (χ0) is 15.6. The zero-order valence-electron chi connectivity index (χ0n) is 12.1. The molecule has 7 heteroatoms. The number of rotatable bonds is 4. The van der Waals surface area contributed by atoms with Gasteiger partial charge in [0.05, 0.1) is 35.7 Å². The van der Waals surface area contributed by atoms with Gasteiger partial charge in [0.25, 0.3) is 0 Å². The molecule has 1 heterocycles. The number of hydrogen-bond donors (Lipinski definition) is 1. The minimum Gasteiger partial charge on any atom is -0.496 e. The van der Waals surface area contributed by atoms with Crippen LogP contribution in [-0.2, 0) is 9.84 Å². The summed E-state index contributed by atoms with van der Waals surface area (Å²) in [6.07, 6.45) is 2.19. The van der Waals surface area contributed by atoms with Gasteiger partial charge in [0.15, 0.2) is 9.84 Å². The highest BCUT2D eigenvalue weighted by Crippen LogP contribution is 2.39. The molecule has 2 unspecified atom stereocenters. The maximum absolute atomic E-state index is 12.3. The van der Waals surface area contributed by atoms with E-state index in [1.54, 1.807) is 26.4 Å². The molecule has 2 rings (SSSR count). The minimum absolute atomic E-state index is 0.210. The molecule has 0 bridgehead atoms. The number of benzene rings is 1. The molecule has 0 aliphatic carbocycles. The lowest BCUT2D eigenvalue weighted by Gasteiger charge is -2.29. The quantitative estimate of drug-likeness (QED) is 0.871. The third-order valence-electron chi connectivity index (χ3n) is 3.89. The first kappa shape index (κ1) is 16.6. The van der Waals surface area contributed by atoms with E-state index in [-0.39, 0.29) is 5.75 Å². The number of methoxy groups -OCH3 is 2. The third-order valence-corrected chi connectivity index (χ3v) is 6.82. The van der Waals surface area contributed by atoms with Crippen molar-refractivity contribution in [2.75, 3.05) is 20.0 Å². The summed E-state index contributed by atoms with van der Waals surface area (Å²) >= 11 is 3.39. The van der Waals surface area contributed by atoms with Crippen molar-refractivity contribution in [3.63, 3.8) is 0 Å². The Labute approximate surface area is 133 Å². The van der Waals surface area contributed by atoms with Crippen molar-refractivity contribution in [1.82, 2.24) is 0 Å². The van der Waals surface area contributed by atoms with Gasteiger partial charge in [-0.05, 0) is 40.9 Å². The Morgan fingerprint density at radius 3 is 2.48 bits per heavy atom. The summed E-state index contributed by atoms with van der Waals surface area (Å²) in [5, 5.41) is -0.564. The monoisotopic (exact) mass is 377 g/mol. The molecule has 0 radical (unpaired) electrons. The van der Waals surface area contributed by atoms with Gasteiger partial charge >= 0.3 is 0 Å².